The van der Waals surface area contributed by atoms with E-state index >= 15 is 0 Å². The standard InChI is InChI=1S/C16H26N2OS/c1-2-8-17-11-13-6-7-14(20-13)12-18-9-10-19-16-5-3-4-15(16)18/h6-7,15-17H,2-5,8-12H2,1H3. The summed E-state index contributed by atoms with van der Waals surface area (Å²) in [6.45, 7) is 7.47. The highest BCUT2D eigenvalue weighted by Crippen LogP contribution is 2.31. The third kappa shape index (κ3) is 3.42. The number of rotatable bonds is 6. The minimum Gasteiger partial charge on any atom is -0.375 e. The largest absolute Gasteiger partial charge is 0.375 e. The monoisotopic (exact) mass is 294 g/mol. The van der Waals surface area contributed by atoms with Gasteiger partial charge in [-0.05, 0) is 44.4 Å². The van der Waals surface area contributed by atoms with E-state index in [9.17, 15) is 0 Å². The molecule has 2 fully saturated rings. The van der Waals surface area contributed by atoms with E-state index < -0.39 is 0 Å². The summed E-state index contributed by atoms with van der Waals surface area (Å²) in [6.07, 6.45) is 5.63. The van der Waals surface area contributed by atoms with Crippen molar-refractivity contribution in [1.82, 2.24) is 10.2 Å². The number of morpholine rings is 1. The second kappa shape index (κ2) is 7.03. The second-order valence-electron chi connectivity index (χ2n) is 5.92. The van der Waals surface area contributed by atoms with Crippen LogP contribution in [0.1, 0.15) is 42.4 Å². The molecule has 1 aliphatic carbocycles. The first-order valence-corrected chi connectivity index (χ1v) is 8.82. The topological polar surface area (TPSA) is 24.5 Å². The summed E-state index contributed by atoms with van der Waals surface area (Å²) in [6, 6.07) is 5.27. The van der Waals surface area contributed by atoms with Crippen LogP contribution in [0.3, 0.4) is 0 Å². The average molecular weight is 294 g/mol. The van der Waals surface area contributed by atoms with Crippen molar-refractivity contribution >= 4 is 11.3 Å². The molecule has 1 saturated carbocycles. The first kappa shape index (κ1) is 14.5. The van der Waals surface area contributed by atoms with Crippen molar-refractivity contribution in [2.75, 3.05) is 19.7 Å². The van der Waals surface area contributed by atoms with Crippen LogP contribution in [0.15, 0.2) is 12.1 Å². The van der Waals surface area contributed by atoms with E-state index in [0.29, 0.717) is 12.1 Å². The van der Waals surface area contributed by atoms with Gasteiger partial charge in [-0.1, -0.05) is 6.92 Å². The van der Waals surface area contributed by atoms with Crippen LogP contribution in [-0.2, 0) is 17.8 Å². The lowest BCUT2D eigenvalue weighted by Crippen LogP contribution is -2.47. The average Bonchev–Trinajstić information content (AvgIpc) is 3.09. The zero-order chi connectivity index (χ0) is 13.8. The fourth-order valence-electron chi connectivity index (χ4n) is 3.39. The molecule has 3 rings (SSSR count). The highest BCUT2D eigenvalue weighted by Gasteiger charge is 2.35. The summed E-state index contributed by atoms with van der Waals surface area (Å²) >= 11 is 1.97. The van der Waals surface area contributed by atoms with Crippen LogP contribution < -0.4 is 5.32 Å². The second-order valence-corrected chi connectivity index (χ2v) is 7.18. The summed E-state index contributed by atoms with van der Waals surface area (Å²) in [5.41, 5.74) is 0. The molecule has 1 saturated heterocycles. The van der Waals surface area contributed by atoms with E-state index in [2.05, 4.69) is 29.3 Å². The number of hydrogen-bond acceptors (Lipinski definition) is 4. The predicted molar refractivity (Wildman–Crippen MR) is 84.1 cm³/mol. The van der Waals surface area contributed by atoms with E-state index in [1.54, 1.807) is 0 Å². The van der Waals surface area contributed by atoms with Crippen LogP contribution in [0.2, 0.25) is 0 Å². The van der Waals surface area contributed by atoms with Gasteiger partial charge in [0.2, 0.25) is 0 Å². The molecular weight excluding hydrogens is 268 g/mol. The Labute approximate surface area is 126 Å². The molecule has 0 spiro atoms. The molecule has 1 aromatic heterocycles. The molecule has 2 atom stereocenters. The molecule has 0 aromatic carbocycles. The molecule has 3 nitrogen and oxygen atoms in total. The van der Waals surface area contributed by atoms with Crippen molar-refractivity contribution in [3.8, 4) is 0 Å². The van der Waals surface area contributed by atoms with E-state index in [1.165, 1.54) is 35.4 Å². The Morgan fingerprint density at radius 2 is 2.25 bits per heavy atom. The van der Waals surface area contributed by atoms with Gasteiger partial charge in [0.15, 0.2) is 0 Å². The van der Waals surface area contributed by atoms with Crippen LogP contribution in [-0.4, -0.2) is 36.7 Å². The maximum atomic E-state index is 5.89. The molecular formula is C16H26N2OS. The molecule has 112 valence electrons. The molecule has 2 unspecified atom stereocenters. The molecule has 0 bridgehead atoms. The summed E-state index contributed by atoms with van der Waals surface area (Å²) in [5, 5.41) is 3.48. The summed E-state index contributed by atoms with van der Waals surface area (Å²) < 4.78 is 5.89. The Hall–Kier alpha value is -0.420. The Bertz CT molecular complexity index is 420. The fraction of sp³-hybridized carbons (Fsp3) is 0.750. The van der Waals surface area contributed by atoms with E-state index in [4.69, 9.17) is 4.74 Å². The smallest absolute Gasteiger partial charge is 0.0731 e. The van der Waals surface area contributed by atoms with Crippen molar-refractivity contribution in [3.63, 3.8) is 0 Å². The molecule has 0 radical (unpaired) electrons. The van der Waals surface area contributed by atoms with Gasteiger partial charge in [-0.25, -0.2) is 0 Å². The Balaban J connectivity index is 1.54. The number of hydrogen-bond donors (Lipinski definition) is 1. The third-order valence-corrected chi connectivity index (χ3v) is 5.47. The van der Waals surface area contributed by atoms with Gasteiger partial charge in [0.05, 0.1) is 12.7 Å². The number of ether oxygens (including phenoxy) is 1. The Morgan fingerprint density at radius 3 is 3.15 bits per heavy atom. The zero-order valence-corrected chi connectivity index (χ0v) is 13.3. The SMILES string of the molecule is CCCNCc1ccc(CN2CCOC3CCCC32)s1. The van der Waals surface area contributed by atoms with Crippen LogP contribution in [0.25, 0.3) is 0 Å². The van der Waals surface area contributed by atoms with Crippen molar-refractivity contribution in [3.05, 3.63) is 21.9 Å². The third-order valence-electron chi connectivity index (χ3n) is 4.40. The van der Waals surface area contributed by atoms with Crippen molar-refractivity contribution in [1.29, 1.82) is 0 Å². The van der Waals surface area contributed by atoms with Gasteiger partial charge < -0.3 is 10.1 Å². The molecule has 2 heterocycles. The van der Waals surface area contributed by atoms with Gasteiger partial charge in [-0.15, -0.1) is 11.3 Å². The van der Waals surface area contributed by atoms with Gasteiger partial charge in [-0.2, -0.15) is 0 Å². The van der Waals surface area contributed by atoms with Gasteiger partial charge >= 0.3 is 0 Å². The maximum absolute atomic E-state index is 5.89. The molecule has 20 heavy (non-hydrogen) atoms. The molecule has 2 aliphatic rings. The highest BCUT2D eigenvalue weighted by atomic mass is 32.1. The van der Waals surface area contributed by atoms with Gasteiger partial charge in [0.25, 0.3) is 0 Å². The predicted octanol–water partition coefficient (Wildman–Crippen LogP) is 3.00. The van der Waals surface area contributed by atoms with Crippen molar-refractivity contribution < 1.29 is 4.74 Å². The number of nitrogens with one attached hydrogen (secondary N) is 1. The zero-order valence-electron chi connectivity index (χ0n) is 12.4. The van der Waals surface area contributed by atoms with Crippen LogP contribution in [0.5, 0.6) is 0 Å². The molecule has 1 aliphatic heterocycles. The maximum Gasteiger partial charge on any atom is 0.0731 e. The molecule has 4 heteroatoms. The minimum absolute atomic E-state index is 0.509. The van der Waals surface area contributed by atoms with Gasteiger partial charge in [0.1, 0.15) is 0 Å². The first-order chi connectivity index (χ1) is 9.86. The molecule has 0 amide bonds. The lowest BCUT2D eigenvalue weighted by atomic mass is 10.1. The molecule has 1 N–H and O–H groups in total. The molecule has 1 aromatic rings. The first-order valence-electron chi connectivity index (χ1n) is 8.01. The summed E-state index contributed by atoms with van der Waals surface area (Å²) in [4.78, 5) is 5.62. The van der Waals surface area contributed by atoms with E-state index in [-0.39, 0.29) is 0 Å². The highest BCUT2D eigenvalue weighted by molar-refractivity contribution is 7.11. The normalized spacial score (nSPS) is 26.9. The van der Waals surface area contributed by atoms with Gasteiger partial charge in [-0.3, -0.25) is 4.90 Å². The van der Waals surface area contributed by atoms with Crippen LogP contribution in [0, 0.1) is 0 Å². The quantitative estimate of drug-likeness (QED) is 0.816. The van der Waals surface area contributed by atoms with Crippen LogP contribution >= 0.6 is 11.3 Å². The minimum atomic E-state index is 0.509. The number of thiophene rings is 1. The van der Waals surface area contributed by atoms with Crippen LogP contribution in [0.4, 0.5) is 0 Å². The number of nitrogens with zero attached hydrogens (tertiary/aromatic N) is 1. The van der Waals surface area contributed by atoms with Crippen molar-refractivity contribution in [2.24, 2.45) is 0 Å². The lowest BCUT2D eigenvalue weighted by molar-refractivity contribution is -0.0584. The Morgan fingerprint density at radius 1 is 1.35 bits per heavy atom. The summed E-state index contributed by atoms with van der Waals surface area (Å²) in [7, 11) is 0. The Kier molecular flexibility index (Phi) is 5.10. The fourth-order valence-corrected chi connectivity index (χ4v) is 4.41. The van der Waals surface area contributed by atoms with E-state index in [1.807, 2.05) is 11.3 Å². The number of fused-ring (bicyclic) bond motifs is 1. The summed E-state index contributed by atoms with van der Waals surface area (Å²) in [5.74, 6) is 0. The van der Waals surface area contributed by atoms with Crippen molar-refractivity contribution in [2.45, 2.75) is 57.8 Å². The van der Waals surface area contributed by atoms with Gasteiger partial charge in [0, 0.05) is 35.4 Å². The lowest BCUT2D eigenvalue weighted by Gasteiger charge is -2.37. The van der Waals surface area contributed by atoms with E-state index in [0.717, 1.165) is 32.8 Å².